The van der Waals surface area contributed by atoms with E-state index >= 15 is 0 Å². The maximum absolute atomic E-state index is 14.2. The Hall–Kier alpha value is -2.33. The predicted octanol–water partition coefficient (Wildman–Crippen LogP) is 4.17. The molecule has 0 aromatic rings. The van der Waals surface area contributed by atoms with Crippen LogP contribution in [-0.4, -0.2) is 63.3 Å². The molecule has 9 atom stereocenters. The number of fused-ring (bicyclic) bond motifs is 5. The fraction of sp³-hybridized carbons (Fsp3) is 0.710. The van der Waals surface area contributed by atoms with Crippen LogP contribution < -0.4 is 0 Å². The van der Waals surface area contributed by atoms with E-state index in [1.807, 2.05) is 19.9 Å². The van der Waals surface area contributed by atoms with Crippen LogP contribution in [0.15, 0.2) is 23.8 Å². The first-order chi connectivity index (χ1) is 19.2. The van der Waals surface area contributed by atoms with Crippen LogP contribution in [-0.2, 0) is 38.2 Å². The smallest absolute Gasteiger partial charge is 0.306 e. The number of hydrogen-bond acceptors (Lipinski definition) is 9. The molecule has 226 valence electrons. The minimum Gasteiger partial charge on any atom is -0.459 e. The topological polar surface area (TPSA) is 133 Å². The van der Waals surface area contributed by atoms with Crippen LogP contribution in [0.4, 0.5) is 0 Å². The van der Waals surface area contributed by atoms with Crippen molar-refractivity contribution >= 4 is 45.4 Å². The number of aliphatic hydroxyl groups excluding tert-OH is 1. The van der Waals surface area contributed by atoms with Crippen molar-refractivity contribution in [1.82, 2.24) is 0 Å². The molecule has 0 aromatic carbocycles. The zero-order valence-corrected chi connectivity index (χ0v) is 26.2. The number of hydrogen-bond donors (Lipinski definition) is 1. The van der Waals surface area contributed by atoms with Crippen molar-refractivity contribution in [3.05, 3.63) is 23.8 Å². The number of Topliss-reactive ketones (excluding diaryl/α,β-unsaturated/α-hetero) is 1. The molecular formula is C31H41BrO9. The van der Waals surface area contributed by atoms with E-state index < -0.39 is 69.2 Å². The largest absolute Gasteiger partial charge is 0.459 e. The molecule has 0 unspecified atom stereocenters. The third kappa shape index (κ3) is 4.37. The standard InChI is InChI=1S/C31H41BrO9/c1-7-23(35)39-16-22(34)31(41-25(37)9-3)17(4)14-21-20-11-10-18-15-19(33)12-13-28(18,5)30(20,32)26(38)27(29(21,31)6)40-24(36)8-2/h12-13,15,17,20-21,26-27,38H,7-11,14,16H2,1-6H3/t17-,20-,21-,26-,27+,28-,29+,30-,31-/m0/s1. The van der Waals surface area contributed by atoms with E-state index in [1.165, 1.54) is 6.08 Å². The number of halogens is 1. The van der Waals surface area contributed by atoms with Crippen molar-refractivity contribution in [2.45, 2.75) is 102 Å². The summed E-state index contributed by atoms with van der Waals surface area (Å²) in [5.41, 5.74) is -3.11. The van der Waals surface area contributed by atoms with Crippen molar-refractivity contribution in [2.24, 2.45) is 28.6 Å². The second kappa shape index (κ2) is 11.1. The highest BCUT2D eigenvalue weighted by atomic mass is 79.9. The van der Waals surface area contributed by atoms with Gasteiger partial charge in [-0.2, -0.15) is 0 Å². The summed E-state index contributed by atoms with van der Waals surface area (Å²) in [5, 5.41) is 12.4. The SMILES string of the molecule is CCC(=O)OCC(=O)[C@@]1(OC(=O)CC)[C@@H](C)C[C@H]2[C@@H]3CCC4=CC(=O)C=C[C@]4(C)[C@@]3(Br)[C@@H](O)[C@@H](OC(=O)CC)[C@@]21C. The zero-order chi connectivity index (χ0) is 30.5. The minimum absolute atomic E-state index is 0.00390. The highest BCUT2D eigenvalue weighted by Crippen LogP contribution is 2.73. The molecule has 0 amide bonds. The molecule has 3 saturated carbocycles. The van der Waals surface area contributed by atoms with Gasteiger partial charge in [-0.25, -0.2) is 0 Å². The number of ketones is 2. The third-order valence-electron chi connectivity index (χ3n) is 10.5. The van der Waals surface area contributed by atoms with Gasteiger partial charge in [-0.3, -0.25) is 24.0 Å². The Labute approximate surface area is 249 Å². The number of carbonyl (C=O) groups is 5. The number of aliphatic hydroxyl groups is 1. The molecule has 10 heteroatoms. The Morgan fingerprint density at radius 3 is 2.27 bits per heavy atom. The van der Waals surface area contributed by atoms with Crippen molar-refractivity contribution in [3.63, 3.8) is 0 Å². The molecule has 0 radical (unpaired) electrons. The first-order valence-electron chi connectivity index (χ1n) is 14.6. The van der Waals surface area contributed by atoms with Crippen molar-refractivity contribution in [1.29, 1.82) is 0 Å². The predicted molar refractivity (Wildman–Crippen MR) is 152 cm³/mol. The lowest BCUT2D eigenvalue weighted by molar-refractivity contribution is -0.242. The molecule has 0 bridgehead atoms. The number of alkyl halides is 1. The quantitative estimate of drug-likeness (QED) is 0.237. The van der Waals surface area contributed by atoms with Gasteiger partial charge >= 0.3 is 17.9 Å². The van der Waals surface area contributed by atoms with Crippen LogP contribution in [0.25, 0.3) is 0 Å². The third-order valence-corrected chi connectivity index (χ3v) is 12.3. The monoisotopic (exact) mass is 636 g/mol. The Kier molecular flexibility index (Phi) is 8.53. The molecule has 0 aliphatic heterocycles. The van der Waals surface area contributed by atoms with Gasteiger partial charge in [0.15, 0.2) is 18.0 Å². The van der Waals surface area contributed by atoms with Crippen molar-refractivity contribution in [2.75, 3.05) is 6.61 Å². The highest BCUT2D eigenvalue weighted by molar-refractivity contribution is 9.10. The fourth-order valence-electron chi connectivity index (χ4n) is 8.37. The molecule has 0 saturated heterocycles. The maximum atomic E-state index is 14.2. The molecule has 9 nitrogen and oxygen atoms in total. The number of carbonyl (C=O) groups excluding carboxylic acids is 5. The second-order valence-electron chi connectivity index (χ2n) is 12.3. The lowest BCUT2D eigenvalue weighted by atomic mass is 9.45. The molecule has 0 spiro atoms. The fourth-order valence-corrected chi connectivity index (χ4v) is 9.55. The molecule has 3 fully saturated rings. The van der Waals surface area contributed by atoms with Gasteiger partial charge in [0.25, 0.3) is 0 Å². The first-order valence-corrected chi connectivity index (χ1v) is 15.4. The Morgan fingerprint density at radius 1 is 1.02 bits per heavy atom. The van der Waals surface area contributed by atoms with Gasteiger partial charge < -0.3 is 19.3 Å². The van der Waals surface area contributed by atoms with Crippen LogP contribution in [0, 0.1) is 28.6 Å². The molecule has 0 heterocycles. The van der Waals surface area contributed by atoms with Crippen LogP contribution in [0.5, 0.6) is 0 Å². The summed E-state index contributed by atoms with van der Waals surface area (Å²) in [7, 11) is 0. The lowest BCUT2D eigenvalue weighted by Gasteiger charge is -2.66. The number of ether oxygens (including phenoxy) is 3. The highest BCUT2D eigenvalue weighted by Gasteiger charge is 2.80. The molecule has 1 N–H and O–H groups in total. The lowest BCUT2D eigenvalue weighted by Crippen LogP contribution is -2.76. The van der Waals surface area contributed by atoms with Crippen LogP contribution in [0.1, 0.15) is 80.1 Å². The van der Waals surface area contributed by atoms with E-state index in [9.17, 15) is 29.1 Å². The normalized spacial score (nSPS) is 40.9. The summed E-state index contributed by atoms with van der Waals surface area (Å²) in [6, 6.07) is 0. The first kappa shape index (κ1) is 31.6. The van der Waals surface area contributed by atoms with E-state index in [0.29, 0.717) is 19.3 Å². The Balaban J connectivity index is 1.95. The summed E-state index contributed by atoms with van der Waals surface area (Å²) < 4.78 is 16.4. The van der Waals surface area contributed by atoms with Crippen LogP contribution in [0.2, 0.25) is 0 Å². The Morgan fingerprint density at radius 2 is 1.66 bits per heavy atom. The summed E-state index contributed by atoms with van der Waals surface area (Å²) in [6.07, 6.45) is 4.02. The minimum atomic E-state index is -1.83. The molecule has 4 aliphatic rings. The average molecular weight is 638 g/mol. The average Bonchev–Trinajstić information content (AvgIpc) is 3.17. The molecular weight excluding hydrogens is 596 g/mol. The molecule has 4 aliphatic carbocycles. The van der Waals surface area contributed by atoms with Crippen LogP contribution in [0.3, 0.4) is 0 Å². The van der Waals surface area contributed by atoms with Gasteiger partial charge in [-0.05, 0) is 43.3 Å². The molecule has 0 aromatic heterocycles. The van der Waals surface area contributed by atoms with Crippen LogP contribution >= 0.6 is 15.9 Å². The second-order valence-corrected chi connectivity index (χ2v) is 13.6. The number of rotatable bonds is 8. The van der Waals surface area contributed by atoms with E-state index in [4.69, 9.17) is 14.2 Å². The van der Waals surface area contributed by atoms with Gasteiger partial charge in [0.05, 0.1) is 9.74 Å². The number of allylic oxidation sites excluding steroid dienone is 4. The summed E-state index contributed by atoms with van der Waals surface area (Å²) in [5.74, 6) is -3.63. The summed E-state index contributed by atoms with van der Waals surface area (Å²) in [4.78, 5) is 64.6. The van der Waals surface area contributed by atoms with E-state index in [1.54, 1.807) is 33.8 Å². The van der Waals surface area contributed by atoms with Gasteiger partial charge in [0.2, 0.25) is 5.78 Å². The van der Waals surface area contributed by atoms with Crippen molar-refractivity contribution < 1.29 is 43.3 Å². The van der Waals surface area contributed by atoms with Gasteiger partial charge in [-0.15, -0.1) is 0 Å². The van der Waals surface area contributed by atoms with Gasteiger partial charge in [0, 0.05) is 30.6 Å². The zero-order valence-electron chi connectivity index (χ0n) is 24.7. The maximum Gasteiger partial charge on any atom is 0.306 e. The van der Waals surface area contributed by atoms with E-state index in [-0.39, 0.29) is 36.9 Å². The van der Waals surface area contributed by atoms with Gasteiger partial charge in [-0.1, -0.05) is 69.1 Å². The van der Waals surface area contributed by atoms with E-state index in [2.05, 4.69) is 15.9 Å². The number of esters is 3. The summed E-state index contributed by atoms with van der Waals surface area (Å²) >= 11 is 3.98. The van der Waals surface area contributed by atoms with Gasteiger partial charge in [0.1, 0.15) is 12.2 Å². The molecule has 41 heavy (non-hydrogen) atoms. The van der Waals surface area contributed by atoms with Crippen molar-refractivity contribution in [3.8, 4) is 0 Å². The summed E-state index contributed by atoms with van der Waals surface area (Å²) in [6.45, 7) is 9.81. The molecule has 4 rings (SSSR count). The Bertz CT molecular complexity index is 1210. The van der Waals surface area contributed by atoms with E-state index in [0.717, 1.165) is 5.57 Å².